The van der Waals surface area contributed by atoms with E-state index in [9.17, 15) is 24.0 Å². The van der Waals surface area contributed by atoms with Crippen LogP contribution in [0.3, 0.4) is 0 Å². The number of methoxy groups -OCH3 is 2. The van der Waals surface area contributed by atoms with Gasteiger partial charge in [-0.3, -0.25) is 14.6 Å². The van der Waals surface area contributed by atoms with Crippen LogP contribution in [0, 0.1) is 22.2 Å². The summed E-state index contributed by atoms with van der Waals surface area (Å²) in [5.41, 5.74) is 11.2. The topological polar surface area (TPSA) is 200 Å². The van der Waals surface area contributed by atoms with Gasteiger partial charge in [0, 0.05) is 82.9 Å². The van der Waals surface area contributed by atoms with E-state index in [1.54, 1.807) is 24.8 Å². The number of nitriles is 1. The predicted octanol–water partition coefficient (Wildman–Crippen LogP) is 27.0. The number of hydrogen-bond donors (Lipinski definition) is 3. The van der Waals surface area contributed by atoms with Crippen LogP contribution in [-0.2, 0) is 93.7 Å². The number of fused-ring (bicyclic) bond motifs is 3. The highest BCUT2D eigenvalue weighted by molar-refractivity contribution is 9.11. The SMILES string of the molecule is BrCc1ccccc1Br.CC(C)(C#N)Cc1ccccc1Br.CC(C)(C)OC(=O)N1Cc2cccc(Br)c2CC1(C)C.CC(C)(Cc1ccccc1Br)C(=O)O.CC(C)(Cc1ccccc1Br)N=C=O.CC1(C)Cc2c(Br)cccc2CN1.COC(=O)N1Cc2cccc(Br)c2CC1(C)C.COC(=O)NC(C)(C)Cc1ccccc1Br. The molecular weight excluding hydrogens is 2050 g/mol. The summed E-state index contributed by atoms with van der Waals surface area (Å²) in [6, 6.07) is 60.7. The van der Waals surface area contributed by atoms with E-state index < -0.39 is 23.1 Å². The minimum Gasteiger partial charge on any atom is -0.481 e. The van der Waals surface area contributed by atoms with E-state index in [0.29, 0.717) is 19.5 Å². The summed E-state index contributed by atoms with van der Waals surface area (Å²) in [4.78, 5) is 63.8. The van der Waals surface area contributed by atoms with Gasteiger partial charge in [0.15, 0.2) is 0 Å². The lowest BCUT2D eigenvalue weighted by Crippen LogP contribution is -2.52. The van der Waals surface area contributed by atoms with Gasteiger partial charge in [0.05, 0.1) is 36.7 Å². The van der Waals surface area contributed by atoms with Gasteiger partial charge in [-0.1, -0.05) is 271 Å². The van der Waals surface area contributed by atoms with Crippen LogP contribution >= 0.6 is 143 Å². The zero-order chi connectivity index (χ0) is 87.4. The summed E-state index contributed by atoms with van der Waals surface area (Å²) in [5, 5.41) is 25.1. The summed E-state index contributed by atoms with van der Waals surface area (Å²) in [6.45, 7) is 35.8. The van der Waals surface area contributed by atoms with Gasteiger partial charge in [0.25, 0.3) is 0 Å². The van der Waals surface area contributed by atoms with Crippen LogP contribution in [0.2, 0.25) is 0 Å². The van der Waals surface area contributed by atoms with Crippen LogP contribution in [-0.4, -0.2) is 92.8 Å². The normalized spacial score (nSPS) is 14.0. The van der Waals surface area contributed by atoms with Gasteiger partial charge in [-0.2, -0.15) is 10.3 Å². The third kappa shape index (κ3) is 34.7. The number of ether oxygens (including phenoxy) is 3. The quantitative estimate of drug-likeness (QED) is 0.0455. The Hall–Kier alpha value is -5.81. The lowest BCUT2D eigenvalue weighted by Gasteiger charge is -2.43. The third-order valence-corrected chi connectivity index (χ3v) is 25.4. The molecule has 0 spiro atoms. The fraction of sp³-hybridized carbons (Fsp3) is 0.413. The lowest BCUT2D eigenvalue weighted by atomic mass is 9.86. The second-order valence-electron chi connectivity index (χ2n) is 33.6. The first-order chi connectivity index (χ1) is 54.0. The molecule has 15 nitrogen and oxygen atoms in total. The lowest BCUT2D eigenvalue weighted by molar-refractivity contribution is -0.146. The Morgan fingerprint density at radius 1 is 0.483 bits per heavy atom. The first-order valence-electron chi connectivity index (χ1n) is 37.7. The summed E-state index contributed by atoms with van der Waals surface area (Å²) >= 11 is 31.4. The molecule has 0 fully saturated rings. The Balaban J connectivity index is 0.000000281. The fourth-order valence-corrected chi connectivity index (χ4v) is 16.9. The summed E-state index contributed by atoms with van der Waals surface area (Å²) in [5.74, 6) is -0.770. The smallest absolute Gasteiger partial charge is 0.411 e. The molecule has 0 atom stereocenters. The molecule has 0 saturated carbocycles. The van der Waals surface area contributed by atoms with Crippen molar-refractivity contribution in [3.05, 3.63) is 273 Å². The van der Waals surface area contributed by atoms with Crippen LogP contribution in [0.5, 0.6) is 0 Å². The Morgan fingerprint density at radius 3 is 1.19 bits per heavy atom. The molecule has 3 aliphatic heterocycles. The number of aliphatic imine (C=N–C) groups is 1. The van der Waals surface area contributed by atoms with Gasteiger partial charge in [-0.25, -0.2) is 19.2 Å². The van der Waals surface area contributed by atoms with Gasteiger partial charge in [-0.05, 0) is 272 Å². The van der Waals surface area contributed by atoms with Crippen molar-refractivity contribution in [3.63, 3.8) is 0 Å². The molecule has 116 heavy (non-hydrogen) atoms. The van der Waals surface area contributed by atoms with Gasteiger partial charge in [-0.15, -0.1) is 0 Å². The van der Waals surface area contributed by atoms with E-state index in [-0.39, 0.29) is 45.3 Å². The van der Waals surface area contributed by atoms with Gasteiger partial charge in [0.1, 0.15) is 5.60 Å². The van der Waals surface area contributed by atoms with Crippen molar-refractivity contribution in [2.24, 2.45) is 15.8 Å². The highest BCUT2D eigenvalue weighted by Crippen LogP contribution is 2.38. The minimum absolute atomic E-state index is 0.218. The molecule has 0 aromatic heterocycles. The van der Waals surface area contributed by atoms with E-state index in [1.807, 2.05) is 201 Å². The predicted molar refractivity (Wildman–Crippen MR) is 503 cm³/mol. The number of nitrogens with zero attached hydrogens (tertiary/aromatic N) is 4. The molecule has 0 radical (unpaired) electrons. The number of carbonyl (C=O) groups is 4. The number of hydrogen-bond acceptors (Lipinski definition) is 11. The number of aliphatic carboxylic acids is 1. The first kappa shape index (κ1) is 103. The fourth-order valence-electron chi connectivity index (χ4n) is 12.3. The largest absolute Gasteiger partial charge is 0.481 e. The molecule has 3 heterocycles. The number of benzene rings is 8. The standard InChI is InChI=1S/C16H22BrNO2.C13H16BrNO2.C12H16BrNO2.C11H12BrNO.C11H14BrN.C11H12BrN.C11H13BrO2.C7H6Br2/c1-15(2,3)20-14(19)18-10-11-7-6-8-13(17)12(11)9-16(18,4)5;1-13(2)7-10-9(5-4-6-11(10)14)8-15(13)12(16)17-3;1-12(2,14-11(15)16-3)8-9-6-4-5-7-10(9)13;1-11(2,13-8-14)7-9-5-3-4-6-10(9)12;1-11(2)6-9-8(7-13-11)4-3-5-10(9)12;1-11(2,8-13)7-9-5-3-4-6-10(9)12;1-11(2,10(13)14)7-8-5-3-4-6-9(8)12;8-5-6-3-1-2-4-7(6)9/h6-8H,9-10H2,1-5H3;4-6H,7-8H2,1-3H3;4-7H,8H2,1-3H3,(H,14,15);3-6H,7H2,1-2H3;3-5,13H,6-7H2,1-2H3;3-6H,7H2,1-2H3;3-6H,7H2,1-2H3,(H,13,14);1-4H,5H2. The number of halogens is 9. The average Bonchev–Trinajstić information content (AvgIpc) is 0.777. The van der Waals surface area contributed by atoms with Gasteiger partial charge < -0.3 is 30.0 Å². The van der Waals surface area contributed by atoms with E-state index in [0.717, 1.165) is 93.9 Å². The summed E-state index contributed by atoms with van der Waals surface area (Å²) in [6.07, 6.45) is 6.23. The monoisotopic (exact) mass is 2150 g/mol. The molecule has 0 bridgehead atoms. The maximum atomic E-state index is 12.4. The second kappa shape index (κ2) is 46.8. The van der Waals surface area contributed by atoms with Crippen LogP contribution in [0.15, 0.2) is 217 Å². The molecule has 3 amide bonds. The minimum atomic E-state index is -0.770. The Bertz CT molecular complexity index is 4620. The van der Waals surface area contributed by atoms with Crippen LogP contribution in [0.25, 0.3) is 0 Å². The highest BCUT2D eigenvalue weighted by Gasteiger charge is 2.40. The zero-order valence-corrected chi connectivity index (χ0v) is 84.2. The van der Waals surface area contributed by atoms with Crippen molar-refractivity contribution in [1.82, 2.24) is 20.4 Å². The molecule has 11 rings (SSSR count). The molecular formula is C92H111Br9N6O9. The molecule has 8 aromatic carbocycles. The molecule has 0 saturated heterocycles. The number of nitrogens with one attached hydrogen (secondary N) is 2. The van der Waals surface area contributed by atoms with Crippen molar-refractivity contribution in [2.45, 2.75) is 221 Å². The molecule has 626 valence electrons. The zero-order valence-electron chi connectivity index (χ0n) is 69.9. The van der Waals surface area contributed by atoms with E-state index >= 15 is 0 Å². The first-order valence-corrected chi connectivity index (χ1v) is 45.2. The summed E-state index contributed by atoms with van der Waals surface area (Å²) < 4.78 is 23.8. The number of isocyanates is 1. The molecule has 8 aromatic rings. The Kier molecular flexibility index (Phi) is 41.4. The number of alkyl carbamates (subject to hydrolysis) is 1. The number of carboxylic acid groups (broad SMARTS) is 1. The maximum Gasteiger partial charge on any atom is 0.411 e. The number of rotatable bonds is 12. The van der Waals surface area contributed by atoms with Crippen LogP contribution < -0.4 is 10.6 Å². The van der Waals surface area contributed by atoms with Crippen molar-refractivity contribution in [3.8, 4) is 6.07 Å². The molecule has 3 N–H and O–H groups in total. The van der Waals surface area contributed by atoms with E-state index in [1.165, 1.54) is 67.7 Å². The summed E-state index contributed by atoms with van der Waals surface area (Å²) in [7, 11) is 2.79. The molecule has 3 aliphatic rings. The van der Waals surface area contributed by atoms with Gasteiger partial charge >= 0.3 is 24.2 Å². The number of carbonyl (C=O) groups excluding carboxylic acids is 4. The van der Waals surface area contributed by atoms with E-state index in [4.69, 9.17) is 19.8 Å². The van der Waals surface area contributed by atoms with Gasteiger partial charge in [0.2, 0.25) is 6.08 Å². The number of alkyl halides is 1. The third-order valence-electron chi connectivity index (χ3n) is 18.7. The highest BCUT2D eigenvalue weighted by atomic mass is 79.9. The van der Waals surface area contributed by atoms with Crippen molar-refractivity contribution in [1.29, 1.82) is 5.26 Å². The second-order valence-corrected chi connectivity index (χ2v) is 41.0. The Labute approximate surface area is 765 Å². The number of amides is 3. The van der Waals surface area contributed by atoms with Crippen molar-refractivity contribution >= 4 is 174 Å². The van der Waals surface area contributed by atoms with Crippen LogP contribution in [0.1, 0.15) is 179 Å². The van der Waals surface area contributed by atoms with Crippen molar-refractivity contribution < 1.29 is 43.3 Å². The van der Waals surface area contributed by atoms with Crippen LogP contribution in [0.4, 0.5) is 14.4 Å². The molecule has 0 aliphatic carbocycles. The number of carboxylic acids is 1. The molecule has 0 unspecified atom stereocenters. The molecule has 24 heteroatoms. The Morgan fingerprint density at radius 2 is 0.836 bits per heavy atom. The van der Waals surface area contributed by atoms with Crippen molar-refractivity contribution in [2.75, 3.05) is 14.2 Å². The maximum absolute atomic E-state index is 12.4. The average molecular weight is 2160 g/mol. The van der Waals surface area contributed by atoms with E-state index in [2.05, 4.69) is 254 Å².